The minimum atomic E-state index is -1.28. The maximum Gasteiger partial charge on any atom is 0.161 e. The Bertz CT molecular complexity index is 1250. The third-order valence-corrected chi connectivity index (χ3v) is 6.55. The van der Waals surface area contributed by atoms with Crippen LogP contribution in [0.1, 0.15) is 35.3 Å². The summed E-state index contributed by atoms with van der Waals surface area (Å²) in [6.45, 7) is -0.980. The van der Waals surface area contributed by atoms with Gasteiger partial charge in [0.2, 0.25) is 0 Å². The highest BCUT2D eigenvalue weighted by Gasteiger charge is 2.27. The zero-order valence-electron chi connectivity index (χ0n) is 23.3. The lowest BCUT2D eigenvalue weighted by Gasteiger charge is -2.26. The van der Waals surface area contributed by atoms with Crippen molar-refractivity contribution >= 4 is 0 Å². The van der Waals surface area contributed by atoms with Gasteiger partial charge in [-0.2, -0.15) is 0 Å². The summed E-state index contributed by atoms with van der Waals surface area (Å²) in [4.78, 5) is 0. The van der Waals surface area contributed by atoms with Crippen LogP contribution in [-0.4, -0.2) is 84.0 Å². The van der Waals surface area contributed by atoms with E-state index >= 15 is 0 Å². The molecule has 4 atom stereocenters. The molecule has 0 bridgehead atoms. The van der Waals surface area contributed by atoms with Crippen LogP contribution in [0.15, 0.2) is 54.6 Å². The molecular weight excluding hydrogens is 536 g/mol. The van der Waals surface area contributed by atoms with Crippen molar-refractivity contribution in [1.29, 1.82) is 0 Å². The van der Waals surface area contributed by atoms with Crippen molar-refractivity contribution in [1.82, 2.24) is 0 Å². The average molecular weight is 575 g/mol. The average Bonchev–Trinajstić information content (AvgIpc) is 3.01. The van der Waals surface area contributed by atoms with Gasteiger partial charge in [0, 0.05) is 6.61 Å². The van der Waals surface area contributed by atoms with Crippen LogP contribution >= 0.6 is 0 Å². The maximum absolute atomic E-state index is 11.1. The first-order valence-electron chi connectivity index (χ1n) is 13.0. The number of aliphatic hydroxyl groups excluding tert-OH is 5. The number of phenolic OH excluding ortho intramolecular Hbond substituents is 1. The fourth-order valence-electron chi connectivity index (χ4n) is 4.25. The predicted octanol–water partition coefficient (Wildman–Crippen LogP) is 2.29. The van der Waals surface area contributed by atoms with Crippen LogP contribution in [0.25, 0.3) is 0 Å². The summed E-state index contributed by atoms with van der Waals surface area (Å²) in [6, 6.07) is 14.1. The molecule has 0 spiro atoms. The van der Waals surface area contributed by atoms with E-state index in [4.69, 9.17) is 28.8 Å². The van der Waals surface area contributed by atoms with Crippen LogP contribution < -0.4 is 23.7 Å². The lowest BCUT2D eigenvalue weighted by Crippen LogP contribution is -2.30. The van der Waals surface area contributed by atoms with Crippen molar-refractivity contribution in [2.75, 3.05) is 41.2 Å². The number of phenols is 1. The summed E-state index contributed by atoms with van der Waals surface area (Å²) >= 11 is 0. The molecule has 41 heavy (non-hydrogen) atoms. The number of aliphatic hydroxyl groups is 5. The van der Waals surface area contributed by atoms with E-state index in [9.17, 15) is 25.5 Å². The Balaban J connectivity index is 1.78. The molecule has 3 aromatic carbocycles. The summed E-state index contributed by atoms with van der Waals surface area (Å²) in [5, 5.41) is 60.8. The summed E-state index contributed by atoms with van der Waals surface area (Å²) in [6.07, 6.45) is -3.44. The van der Waals surface area contributed by atoms with Gasteiger partial charge in [-0.25, -0.2) is 0 Å². The molecule has 0 unspecified atom stereocenters. The molecular formula is C30H38O11. The second-order valence-corrected chi connectivity index (χ2v) is 9.22. The molecule has 11 nitrogen and oxygen atoms in total. The van der Waals surface area contributed by atoms with Gasteiger partial charge in [-0.1, -0.05) is 18.2 Å². The monoisotopic (exact) mass is 574 g/mol. The molecule has 0 fully saturated rings. The second-order valence-electron chi connectivity index (χ2n) is 9.22. The summed E-state index contributed by atoms with van der Waals surface area (Å²) in [7, 11) is 4.27. The van der Waals surface area contributed by atoms with E-state index in [0.29, 0.717) is 35.5 Å². The number of rotatable bonds is 16. The normalized spacial score (nSPS) is 14.0. The highest BCUT2D eigenvalue weighted by molar-refractivity contribution is 5.46. The molecule has 0 aromatic heterocycles. The van der Waals surface area contributed by atoms with Crippen LogP contribution in [0, 0.1) is 0 Å². The van der Waals surface area contributed by atoms with Gasteiger partial charge < -0.3 is 54.3 Å². The predicted molar refractivity (Wildman–Crippen MR) is 149 cm³/mol. The zero-order valence-corrected chi connectivity index (χ0v) is 23.3. The number of methoxy groups -OCH3 is 3. The van der Waals surface area contributed by atoms with E-state index in [-0.39, 0.29) is 29.6 Å². The quantitative estimate of drug-likeness (QED) is 0.149. The van der Waals surface area contributed by atoms with Crippen LogP contribution in [0.4, 0.5) is 0 Å². The molecule has 3 aromatic rings. The van der Waals surface area contributed by atoms with Gasteiger partial charge in [0.15, 0.2) is 46.7 Å². The third-order valence-electron chi connectivity index (χ3n) is 6.55. The van der Waals surface area contributed by atoms with E-state index in [1.165, 1.54) is 51.7 Å². The van der Waals surface area contributed by atoms with Gasteiger partial charge >= 0.3 is 0 Å². The minimum absolute atomic E-state index is 0.0710. The highest BCUT2D eigenvalue weighted by atomic mass is 16.5. The lowest BCUT2D eigenvalue weighted by molar-refractivity contribution is -0.00267. The number of hydrogen-bond donors (Lipinski definition) is 6. The number of hydrogen-bond acceptors (Lipinski definition) is 11. The van der Waals surface area contributed by atoms with Crippen LogP contribution in [0.2, 0.25) is 0 Å². The van der Waals surface area contributed by atoms with Crippen LogP contribution in [0.3, 0.4) is 0 Å². The summed E-state index contributed by atoms with van der Waals surface area (Å²) < 4.78 is 27.7. The molecule has 0 radical (unpaired) electrons. The van der Waals surface area contributed by atoms with Crippen molar-refractivity contribution in [3.05, 3.63) is 71.3 Å². The zero-order chi connectivity index (χ0) is 29.9. The maximum atomic E-state index is 11.1. The molecule has 0 aliphatic carbocycles. The Kier molecular flexibility index (Phi) is 11.9. The summed E-state index contributed by atoms with van der Waals surface area (Å²) in [5.41, 5.74) is 1.65. The van der Waals surface area contributed by atoms with Gasteiger partial charge in [-0.15, -0.1) is 0 Å². The summed E-state index contributed by atoms with van der Waals surface area (Å²) in [5.74, 6) is 1.21. The Morgan fingerprint density at radius 2 is 1.10 bits per heavy atom. The van der Waals surface area contributed by atoms with Crippen molar-refractivity contribution < 1.29 is 54.3 Å². The number of aryl methyl sites for hydroxylation is 1. The van der Waals surface area contributed by atoms with Gasteiger partial charge in [0.1, 0.15) is 12.2 Å². The molecule has 0 heterocycles. The van der Waals surface area contributed by atoms with E-state index < -0.39 is 37.6 Å². The first kappa shape index (κ1) is 31.8. The van der Waals surface area contributed by atoms with Crippen molar-refractivity contribution in [2.24, 2.45) is 0 Å². The van der Waals surface area contributed by atoms with Crippen molar-refractivity contribution in [2.45, 2.75) is 37.3 Å². The molecule has 0 saturated carbocycles. The lowest BCUT2D eigenvalue weighted by atomic mass is 10.0. The SMILES string of the molecule is COc1cc([C@@H](O)[C@H](CO)Oc2ccc([C@@H](O)[C@H](CO)Oc3ccc(CCCO)cc3OC)cc2OC)ccc1O. The second kappa shape index (κ2) is 15.3. The fourth-order valence-corrected chi connectivity index (χ4v) is 4.25. The third kappa shape index (κ3) is 7.93. The molecule has 11 heteroatoms. The smallest absolute Gasteiger partial charge is 0.161 e. The number of aromatic hydroxyl groups is 1. The Labute approximate surface area is 238 Å². The van der Waals surface area contributed by atoms with Crippen LogP contribution in [-0.2, 0) is 6.42 Å². The first-order valence-corrected chi connectivity index (χ1v) is 13.0. The molecule has 0 saturated heterocycles. The molecule has 0 amide bonds. The van der Waals surface area contributed by atoms with Gasteiger partial charge in [-0.05, 0) is 65.9 Å². The van der Waals surface area contributed by atoms with Gasteiger partial charge in [-0.3, -0.25) is 0 Å². The Hall–Kier alpha value is -3.74. The molecule has 3 rings (SSSR count). The minimum Gasteiger partial charge on any atom is -0.504 e. The van der Waals surface area contributed by atoms with E-state index in [1.807, 2.05) is 6.07 Å². The highest BCUT2D eigenvalue weighted by Crippen LogP contribution is 2.37. The van der Waals surface area contributed by atoms with Crippen LogP contribution in [0.5, 0.6) is 34.5 Å². The number of benzene rings is 3. The number of ether oxygens (including phenoxy) is 5. The Morgan fingerprint density at radius 3 is 1.61 bits per heavy atom. The van der Waals surface area contributed by atoms with Gasteiger partial charge in [0.05, 0.1) is 34.5 Å². The topological polar surface area (TPSA) is 168 Å². The van der Waals surface area contributed by atoms with E-state index in [1.54, 1.807) is 18.2 Å². The van der Waals surface area contributed by atoms with Crippen molar-refractivity contribution in [3.8, 4) is 34.5 Å². The van der Waals surface area contributed by atoms with E-state index in [0.717, 1.165) is 5.56 Å². The molecule has 6 N–H and O–H groups in total. The van der Waals surface area contributed by atoms with Crippen molar-refractivity contribution in [3.63, 3.8) is 0 Å². The first-order chi connectivity index (χ1) is 19.8. The fraction of sp³-hybridized carbons (Fsp3) is 0.400. The standard InChI is InChI=1S/C30H38O11/c1-37-24-14-19(7-9-21(24)34)29(35)27(16-32)41-23-11-8-20(15-26(23)39-3)30(36)28(17-33)40-22-10-6-18(5-4-12-31)13-25(22)38-2/h6-11,13-15,27-36H,4-5,12,16-17H2,1-3H3/t27-,28-,29+,30+/m0/s1. The van der Waals surface area contributed by atoms with E-state index in [2.05, 4.69) is 0 Å². The molecule has 0 aliphatic rings. The molecule has 0 aliphatic heterocycles. The van der Waals surface area contributed by atoms with Gasteiger partial charge in [0.25, 0.3) is 0 Å². The largest absolute Gasteiger partial charge is 0.504 e. The Morgan fingerprint density at radius 1 is 0.610 bits per heavy atom. The molecule has 224 valence electrons.